The van der Waals surface area contributed by atoms with Gasteiger partial charge in [-0.15, -0.1) is 0 Å². The Labute approximate surface area is 105 Å². The highest BCUT2D eigenvalue weighted by Gasteiger charge is 2.20. The molecule has 0 amide bonds. The molecule has 100 valence electrons. The first-order valence-corrected chi connectivity index (χ1v) is 5.01. The third-order valence-electron chi connectivity index (χ3n) is 1.97. The fourth-order valence-corrected chi connectivity index (χ4v) is 1.31. The average Bonchev–Trinajstić information content (AvgIpc) is 2.35. The van der Waals surface area contributed by atoms with Crippen molar-refractivity contribution >= 4 is 23.8 Å². The van der Waals surface area contributed by atoms with Crippen LogP contribution in [-0.2, 0) is 0 Å². The topological polar surface area (TPSA) is 50.3 Å². The molecule has 0 aliphatic rings. The van der Waals surface area contributed by atoms with Crippen LogP contribution in [0, 0.1) is 5.39 Å². The Balaban J connectivity index is 0.000000312. The van der Waals surface area contributed by atoms with Crippen molar-refractivity contribution in [2.24, 2.45) is 0 Å². The normalized spacial score (nSPS) is 10.3. The number of nitrogens with zero attached hydrogens (tertiary/aromatic N) is 3. The van der Waals surface area contributed by atoms with E-state index in [0.29, 0.717) is 11.6 Å². The zero-order valence-electron chi connectivity index (χ0n) is 9.73. The van der Waals surface area contributed by atoms with Crippen LogP contribution in [0.1, 0.15) is 0 Å². The van der Waals surface area contributed by atoms with Crippen molar-refractivity contribution in [1.82, 2.24) is 4.98 Å². The minimum atomic E-state index is -6.00. The summed E-state index contributed by atoms with van der Waals surface area (Å²) in [5.74, 6) is 0.325. The SMILES string of the molecule is COc1nc2ccccc2cc1[N+]#N.F[B-](F)(F)F. The molecule has 0 radical (unpaired) electrons. The van der Waals surface area contributed by atoms with Crippen molar-refractivity contribution in [3.05, 3.63) is 35.3 Å². The van der Waals surface area contributed by atoms with Gasteiger partial charge >= 0.3 is 18.8 Å². The van der Waals surface area contributed by atoms with Gasteiger partial charge in [-0.3, -0.25) is 0 Å². The van der Waals surface area contributed by atoms with Gasteiger partial charge in [0.1, 0.15) is 0 Å². The van der Waals surface area contributed by atoms with E-state index in [-0.39, 0.29) is 0 Å². The van der Waals surface area contributed by atoms with Crippen LogP contribution in [0.15, 0.2) is 30.3 Å². The second-order valence-corrected chi connectivity index (χ2v) is 3.30. The van der Waals surface area contributed by atoms with Crippen molar-refractivity contribution in [3.63, 3.8) is 0 Å². The smallest absolute Gasteiger partial charge is 0.475 e. The van der Waals surface area contributed by atoms with Crippen molar-refractivity contribution in [2.75, 3.05) is 7.11 Å². The highest BCUT2D eigenvalue weighted by molar-refractivity contribution is 6.50. The summed E-state index contributed by atoms with van der Waals surface area (Å²) in [5, 5.41) is 9.63. The summed E-state index contributed by atoms with van der Waals surface area (Å²) in [6.07, 6.45) is 0. The molecule has 0 fully saturated rings. The lowest BCUT2D eigenvalue weighted by Gasteiger charge is -1.97. The van der Waals surface area contributed by atoms with Crippen molar-refractivity contribution in [3.8, 4) is 5.88 Å². The van der Waals surface area contributed by atoms with E-state index in [2.05, 4.69) is 9.96 Å². The third kappa shape index (κ3) is 4.79. The molecule has 0 aliphatic heterocycles. The number of methoxy groups -OCH3 is 1. The molecule has 4 nitrogen and oxygen atoms in total. The molecule has 9 heteroatoms. The molecule has 2 rings (SSSR count). The fraction of sp³-hybridized carbons (Fsp3) is 0.100. The lowest BCUT2D eigenvalue weighted by Crippen LogP contribution is -2.02. The number of fused-ring (bicyclic) bond motifs is 1. The van der Waals surface area contributed by atoms with Crippen LogP contribution in [0.2, 0.25) is 0 Å². The van der Waals surface area contributed by atoms with E-state index in [4.69, 9.17) is 10.1 Å². The summed E-state index contributed by atoms with van der Waals surface area (Å²) in [4.78, 5) is 7.29. The fourth-order valence-electron chi connectivity index (χ4n) is 1.31. The molecule has 0 spiro atoms. The van der Waals surface area contributed by atoms with Gasteiger partial charge in [0.25, 0.3) is 0 Å². The summed E-state index contributed by atoms with van der Waals surface area (Å²) in [5.41, 5.74) is 1.16. The molecule has 0 saturated carbocycles. The first-order chi connectivity index (χ1) is 8.85. The third-order valence-corrected chi connectivity index (χ3v) is 1.97. The van der Waals surface area contributed by atoms with Gasteiger partial charge in [-0.25, -0.2) is 4.98 Å². The zero-order valence-corrected chi connectivity index (χ0v) is 9.73. The number of halogens is 4. The molecule has 0 bridgehead atoms. The number of rotatable bonds is 1. The van der Waals surface area contributed by atoms with E-state index in [1.807, 2.05) is 24.3 Å². The van der Waals surface area contributed by atoms with Crippen LogP contribution in [0.3, 0.4) is 0 Å². The average molecular weight is 273 g/mol. The van der Waals surface area contributed by atoms with Crippen LogP contribution < -0.4 is 4.74 Å². The molecule has 0 saturated heterocycles. The standard InChI is InChI=1S/C10H8N3O.BF4/c1-14-10-9(13-11)6-7-4-2-3-5-8(7)12-10;2-1(3,4)5/h2-6H,1H3;/q+1;-1. The monoisotopic (exact) mass is 273 g/mol. The first kappa shape index (κ1) is 14.7. The molecule has 19 heavy (non-hydrogen) atoms. The largest absolute Gasteiger partial charge is 0.673 e. The van der Waals surface area contributed by atoms with E-state index < -0.39 is 7.25 Å². The van der Waals surface area contributed by atoms with E-state index in [1.54, 1.807) is 6.07 Å². The Morgan fingerprint density at radius 1 is 1.21 bits per heavy atom. The number of pyridine rings is 1. The highest BCUT2D eigenvalue weighted by atomic mass is 19.5. The predicted octanol–water partition coefficient (Wildman–Crippen LogP) is 4.03. The minimum Gasteiger partial charge on any atom is -0.475 e. The number of diazo groups is 1. The minimum absolute atomic E-state index is 0.325. The maximum Gasteiger partial charge on any atom is 0.673 e. The Hall–Kier alpha value is -2.37. The van der Waals surface area contributed by atoms with Crippen LogP contribution in [0.25, 0.3) is 15.9 Å². The summed E-state index contributed by atoms with van der Waals surface area (Å²) < 4.78 is 44.0. The maximum atomic E-state index is 9.75. The Bertz CT molecular complexity index is 606. The zero-order chi connectivity index (χ0) is 14.5. The number of para-hydroxylation sites is 1. The van der Waals surface area contributed by atoms with Gasteiger partial charge in [0.2, 0.25) is 5.39 Å². The molecule has 0 atom stereocenters. The summed E-state index contributed by atoms with van der Waals surface area (Å²) in [7, 11) is -4.51. The van der Waals surface area contributed by atoms with Gasteiger partial charge < -0.3 is 22.0 Å². The molecule has 0 aliphatic carbocycles. The van der Waals surface area contributed by atoms with Gasteiger partial charge in [0.05, 0.1) is 12.6 Å². The van der Waals surface area contributed by atoms with E-state index in [1.165, 1.54) is 7.11 Å². The Morgan fingerprint density at radius 2 is 1.79 bits per heavy atom. The summed E-state index contributed by atoms with van der Waals surface area (Å²) in [6.45, 7) is 0. The van der Waals surface area contributed by atoms with E-state index >= 15 is 0 Å². The highest BCUT2D eigenvalue weighted by Crippen LogP contribution is 2.28. The molecule has 2 aromatic rings. The number of aromatic nitrogens is 1. The number of hydrogen-bond donors (Lipinski definition) is 0. The number of hydrogen-bond acceptors (Lipinski definition) is 3. The second kappa shape index (κ2) is 5.99. The summed E-state index contributed by atoms with van der Waals surface area (Å²) in [6, 6.07) is 9.29. The van der Waals surface area contributed by atoms with Crippen LogP contribution in [0.5, 0.6) is 5.88 Å². The predicted molar refractivity (Wildman–Crippen MR) is 63.2 cm³/mol. The molecular weight excluding hydrogens is 265 g/mol. The Morgan fingerprint density at radius 3 is 2.32 bits per heavy atom. The quantitative estimate of drug-likeness (QED) is 0.447. The molecule has 0 unspecified atom stereocenters. The van der Waals surface area contributed by atoms with Crippen molar-refractivity contribution < 1.29 is 22.0 Å². The lowest BCUT2D eigenvalue weighted by molar-refractivity contribution is 0.368. The molecule has 0 N–H and O–H groups in total. The molecule has 1 heterocycles. The van der Waals surface area contributed by atoms with Crippen molar-refractivity contribution in [1.29, 1.82) is 5.39 Å². The van der Waals surface area contributed by atoms with Gasteiger partial charge in [-0.05, 0) is 6.07 Å². The number of ether oxygens (including phenoxy) is 1. The van der Waals surface area contributed by atoms with Gasteiger partial charge in [0, 0.05) is 11.5 Å². The van der Waals surface area contributed by atoms with Crippen LogP contribution in [0.4, 0.5) is 23.0 Å². The molecule has 1 aromatic carbocycles. The van der Waals surface area contributed by atoms with Crippen molar-refractivity contribution in [2.45, 2.75) is 0 Å². The molecule has 1 aromatic heterocycles. The number of benzene rings is 1. The lowest BCUT2D eigenvalue weighted by atomic mass is 10.2. The maximum absolute atomic E-state index is 9.75. The first-order valence-electron chi connectivity index (χ1n) is 5.01. The van der Waals surface area contributed by atoms with Gasteiger partial charge in [-0.2, -0.15) is 0 Å². The van der Waals surface area contributed by atoms with E-state index in [0.717, 1.165) is 10.9 Å². The molecular formula is C10H8BF4N3O. The summed E-state index contributed by atoms with van der Waals surface area (Å²) >= 11 is 0. The van der Waals surface area contributed by atoms with Gasteiger partial charge in [0.15, 0.2) is 4.98 Å². The van der Waals surface area contributed by atoms with Crippen LogP contribution >= 0.6 is 0 Å². The van der Waals surface area contributed by atoms with Crippen LogP contribution in [-0.4, -0.2) is 19.3 Å². The van der Waals surface area contributed by atoms with Gasteiger partial charge in [-0.1, -0.05) is 18.2 Å². The Kier molecular flexibility index (Phi) is 4.64. The van der Waals surface area contributed by atoms with E-state index in [9.17, 15) is 17.3 Å². The second-order valence-electron chi connectivity index (χ2n) is 3.30.